The second kappa shape index (κ2) is 6.92. The van der Waals surface area contributed by atoms with Crippen molar-refractivity contribution in [2.24, 2.45) is 0 Å². The summed E-state index contributed by atoms with van der Waals surface area (Å²) in [5, 5.41) is 17.6. The maximum atomic E-state index is 5.18. The minimum atomic E-state index is 0.404. The maximum absolute atomic E-state index is 5.18. The van der Waals surface area contributed by atoms with E-state index in [1.807, 2.05) is 23.7 Å². The first-order valence-electron chi connectivity index (χ1n) is 9.88. The fraction of sp³-hybridized carbons (Fsp3) is 0.579. The van der Waals surface area contributed by atoms with Gasteiger partial charge in [-0.15, -0.1) is 15.3 Å². The predicted octanol–water partition coefficient (Wildman–Crippen LogP) is 2.40. The van der Waals surface area contributed by atoms with Crippen molar-refractivity contribution >= 4 is 11.5 Å². The highest BCUT2D eigenvalue weighted by molar-refractivity contribution is 5.46. The molecule has 0 atom stereocenters. The maximum Gasteiger partial charge on any atom is 0.178 e. The van der Waals surface area contributed by atoms with Crippen LogP contribution in [0.1, 0.15) is 48.7 Å². The molecule has 8 nitrogen and oxygen atoms in total. The lowest BCUT2D eigenvalue weighted by molar-refractivity contribution is 0.200. The van der Waals surface area contributed by atoms with Crippen LogP contribution in [0.2, 0.25) is 0 Å². The standard InChI is InChI=1S/C19H25N7O/c1-14-16(12-20-27-14)13-24-10-6-15(7-11-24)19-22-21-17-4-5-18(23-26(17)19)25-8-2-3-9-25/h4-5,12,15H,2-3,6-11,13H2,1H3. The molecule has 142 valence electrons. The SMILES string of the molecule is Cc1oncc1CN1CCC(c2nnc3ccc(N4CCCC4)nn23)CC1. The molecule has 2 aliphatic rings. The lowest BCUT2D eigenvalue weighted by atomic mass is 9.96. The Kier molecular flexibility index (Phi) is 4.27. The zero-order valence-corrected chi connectivity index (χ0v) is 15.7. The molecule has 8 heteroatoms. The van der Waals surface area contributed by atoms with E-state index in [9.17, 15) is 0 Å². The van der Waals surface area contributed by atoms with Crippen LogP contribution in [0.3, 0.4) is 0 Å². The summed E-state index contributed by atoms with van der Waals surface area (Å²) in [5.41, 5.74) is 2.02. The van der Waals surface area contributed by atoms with Crippen molar-refractivity contribution in [1.82, 2.24) is 29.9 Å². The van der Waals surface area contributed by atoms with Crippen molar-refractivity contribution in [3.05, 3.63) is 35.5 Å². The number of hydrogen-bond donors (Lipinski definition) is 0. The molecule has 0 aliphatic carbocycles. The molecular formula is C19H25N7O. The molecule has 0 bridgehead atoms. The number of rotatable bonds is 4. The molecule has 0 saturated carbocycles. The van der Waals surface area contributed by atoms with Gasteiger partial charge in [0.1, 0.15) is 11.6 Å². The van der Waals surface area contributed by atoms with Crippen LogP contribution >= 0.6 is 0 Å². The van der Waals surface area contributed by atoms with Crippen LogP contribution in [0.25, 0.3) is 5.65 Å². The topological polar surface area (TPSA) is 75.6 Å². The van der Waals surface area contributed by atoms with Gasteiger partial charge in [-0.25, -0.2) is 0 Å². The molecule has 0 spiro atoms. The molecular weight excluding hydrogens is 342 g/mol. The molecule has 5 rings (SSSR count). The molecule has 27 heavy (non-hydrogen) atoms. The van der Waals surface area contributed by atoms with Gasteiger partial charge in [0.15, 0.2) is 11.5 Å². The Morgan fingerprint density at radius 1 is 1.07 bits per heavy atom. The molecule has 3 aromatic rings. The second-order valence-corrected chi connectivity index (χ2v) is 7.67. The monoisotopic (exact) mass is 367 g/mol. The van der Waals surface area contributed by atoms with Crippen LogP contribution in [0.15, 0.2) is 22.9 Å². The normalized spacial score (nSPS) is 19.4. The second-order valence-electron chi connectivity index (χ2n) is 7.67. The summed E-state index contributed by atoms with van der Waals surface area (Å²) in [6.45, 7) is 7.14. The Morgan fingerprint density at radius 3 is 2.63 bits per heavy atom. The molecule has 2 aliphatic heterocycles. The number of hydrogen-bond acceptors (Lipinski definition) is 7. The van der Waals surface area contributed by atoms with Crippen LogP contribution in [0.5, 0.6) is 0 Å². The Labute approximate surface area is 158 Å². The van der Waals surface area contributed by atoms with E-state index in [-0.39, 0.29) is 0 Å². The van der Waals surface area contributed by atoms with E-state index in [0.717, 1.165) is 68.6 Å². The van der Waals surface area contributed by atoms with Gasteiger partial charge in [0.05, 0.1) is 6.20 Å². The van der Waals surface area contributed by atoms with E-state index in [4.69, 9.17) is 9.62 Å². The molecule has 5 heterocycles. The van der Waals surface area contributed by atoms with Gasteiger partial charge in [0, 0.05) is 31.1 Å². The van der Waals surface area contributed by atoms with Crippen molar-refractivity contribution in [2.75, 3.05) is 31.1 Å². The van der Waals surface area contributed by atoms with Gasteiger partial charge in [0.25, 0.3) is 0 Å². The van der Waals surface area contributed by atoms with E-state index in [1.54, 1.807) is 0 Å². The molecule has 0 radical (unpaired) electrons. The largest absolute Gasteiger partial charge is 0.361 e. The molecule has 2 saturated heterocycles. The summed E-state index contributed by atoms with van der Waals surface area (Å²) in [6, 6.07) is 4.12. The van der Waals surface area contributed by atoms with Gasteiger partial charge in [-0.05, 0) is 57.8 Å². The molecule has 0 unspecified atom stereocenters. The number of likely N-dealkylation sites (tertiary alicyclic amines) is 1. The van der Waals surface area contributed by atoms with Gasteiger partial charge >= 0.3 is 0 Å². The summed E-state index contributed by atoms with van der Waals surface area (Å²) in [4.78, 5) is 4.81. The summed E-state index contributed by atoms with van der Waals surface area (Å²) < 4.78 is 7.15. The van der Waals surface area contributed by atoms with Crippen molar-refractivity contribution < 1.29 is 4.52 Å². The third kappa shape index (κ3) is 3.18. The number of piperidine rings is 1. The average molecular weight is 367 g/mol. The third-order valence-corrected chi connectivity index (χ3v) is 5.90. The molecule has 0 amide bonds. The number of aromatic nitrogens is 5. The predicted molar refractivity (Wildman–Crippen MR) is 101 cm³/mol. The van der Waals surface area contributed by atoms with E-state index < -0.39 is 0 Å². The van der Waals surface area contributed by atoms with Crippen LogP contribution in [0, 0.1) is 6.92 Å². The van der Waals surface area contributed by atoms with Crippen LogP contribution in [-0.2, 0) is 6.54 Å². The van der Waals surface area contributed by atoms with Crippen LogP contribution in [-0.4, -0.2) is 56.0 Å². The smallest absolute Gasteiger partial charge is 0.178 e. The van der Waals surface area contributed by atoms with Gasteiger partial charge in [0.2, 0.25) is 0 Å². The fourth-order valence-electron chi connectivity index (χ4n) is 4.23. The van der Waals surface area contributed by atoms with Gasteiger partial charge in [-0.2, -0.15) is 4.52 Å². The Bertz CT molecular complexity index is 919. The lowest BCUT2D eigenvalue weighted by Gasteiger charge is -2.30. The highest BCUT2D eigenvalue weighted by Crippen LogP contribution is 2.28. The first-order chi connectivity index (χ1) is 13.3. The number of aryl methyl sites for hydroxylation is 1. The minimum Gasteiger partial charge on any atom is -0.361 e. The molecule has 0 N–H and O–H groups in total. The zero-order chi connectivity index (χ0) is 18.2. The Hall–Kier alpha value is -2.48. The molecule has 0 aromatic carbocycles. The highest BCUT2D eigenvalue weighted by Gasteiger charge is 2.26. The average Bonchev–Trinajstić information content (AvgIpc) is 3.44. The van der Waals surface area contributed by atoms with Gasteiger partial charge in [-0.3, -0.25) is 4.90 Å². The van der Waals surface area contributed by atoms with Crippen LogP contribution in [0.4, 0.5) is 5.82 Å². The first-order valence-corrected chi connectivity index (χ1v) is 9.88. The number of nitrogens with zero attached hydrogens (tertiary/aromatic N) is 7. The van der Waals surface area contributed by atoms with Crippen LogP contribution < -0.4 is 4.90 Å². The Morgan fingerprint density at radius 2 is 1.89 bits per heavy atom. The lowest BCUT2D eigenvalue weighted by Crippen LogP contribution is -2.33. The fourth-order valence-corrected chi connectivity index (χ4v) is 4.23. The van der Waals surface area contributed by atoms with Crippen molar-refractivity contribution in [3.63, 3.8) is 0 Å². The van der Waals surface area contributed by atoms with Gasteiger partial charge in [-0.1, -0.05) is 5.16 Å². The van der Waals surface area contributed by atoms with E-state index >= 15 is 0 Å². The zero-order valence-electron chi connectivity index (χ0n) is 15.7. The summed E-state index contributed by atoms with van der Waals surface area (Å²) in [6.07, 6.45) is 6.47. The minimum absolute atomic E-state index is 0.404. The number of fused-ring (bicyclic) bond motifs is 1. The Balaban J connectivity index is 1.31. The summed E-state index contributed by atoms with van der Waals surface area (Å²) in [5.74, 6) is 3.37. The van der Waals surface area contributed by atoms with Crippen molar-refractivity contribution in [1.29, 1.82) is 0 Å². The summed E-state index contributed by atoms with van der Waals surface area (Å²) >= 11 is 0. The van der Waals surface area contributed by atoms with Crippen molar-refractivity contribution in [3.8, 4) is 0 Å². The third-order valence-electron chi connectivity index (χ3n) is 5.90. The van der Waals surface area contributed by atoms with E-state index in [0.29, 0.717) is 5.92 Å². The van der Waals surface area contributed by atoms with Crippen molar-refractivity contribution in [2.45, 2.75) is 45.1 Å². The van der Waals surface area contributed by atoms with E-state index in [1.165, 1.54) is 18.4 Å². The van der Waals surface area contributed by atoms with E-state index in [2.05, 4.69) is 31.2 Å². The number of anilines is 1. The summed E-state index contributed by atoms with van der Waals surface area (Å²) in [7, 11) is 0. The molecule has 2 fully saturated rings. The van der Waals surface area contributed by atoms with Gasteiger partial charge < -0.3 is 9.42 Å². The quantitative estimate of drug-likeness (QED) is 0.701. The molecule has 3 aromatic heterocycles. The highest BCUT2D eigenvalue weighted by atomic mass is 16.5. The first kappa shape index (κ1) is 16.7.